The first-order valence-corrected chi connectivity index (χ1v) is 44.6. The van der Waals surface area contributed by atoms with E-state index in [9.17, 15) is 52.6 Å². The van der Waals surface area contributed by atoms with Gasteiger partial charge in [0.15, 0.2) is 17.4 Å². The SMILES string of the molecule is COCCOCCOCCOCCOCCOCCOCCNC(=O)[C@H](CC(=O)N[C@H](C(=O)N[C@@H](C)C(=O)Nc1ccc(COC(=O)N(C)Cc2ccccc2C(=O)Nc2nc3c(ncn3[C@@H]3O[C@@H]4CO[P@@](=O)(S)O[C@H]5C[C@H](Oc6ccncn6)C[C@@H]5CCO[P@@](=O)(S)O[C@@H]3[C@@H]4O)c(=O)[nH]2)cc1)C(C)C)NC(=O)OC[C@@H]1[C@@H]2CCC#CCC[C@@H]21. The number of ether oxygens (including phenoxy) is 11. The Bertz CT molecular complexity index is 4380. The van der Waals surface area contributed by atoms with Gasteiger partial charge in [0.2, 0.25) is 35.5 Å². The van der Waals surface area contributed by atoms with Crippen molar-refractivity contribution in [1.29, 1.82) is 0 Å². The highest BCUT2D eigenvalue weighted by molar-refractivity contribution is 8.44. The van der Waals surface area contributed by atoms with Crippen LogP contribution in [-0.4, -0.2) is 256 Å². The molecule has 0 radical (unpaired) electrons. The van der Waals surface area contributed by atoms with Crippen LogP contribution in [0.2, 0.25) is 0 Å². The smallest absolute Gasteiger partial charge is 0.410 e. The summed E-state index contributed by atoms with van der Waals surface area (Å²) in [5.74, 6) is 2.84. The number of alkyl carbamates (subject to hydrolysis) is 1. The summed E-state index contributed by atoms with van der Waals surface area (Å²) in [5.41, 5.74) is 0.0412. The summed E-state index contributed by atoms with van der Waals surface area (Å²) < 4.78 is 114. The Morgan fingerprint density at radius 1 is 0.739 bits per heavy atom. The largest absolute Gasteiger partial charge is 0.474 e. The summed E-state index contributed by atoms with van der Waals surface area (Å²) >= 11 is 8.49. The number of nitrogens with zero attached hydrogens (tertiary/aromatic N) is 6. The molecule has 0 spiro atoms. The molecular weight excluding hydrogens is 1640 g/mol. The number of nitrogens with one attached hydrogen (secondary N) is 7. The summed E-state index contributed by atoms with van der Waals surface area (Å²) in [4.78, 5) is 130. The van der Waals surface area contributed by atoms with Crippen molar-refractivity contribution < 1.29 is 118 Å². The van der Waals surface area contributed by atoms with Crippen molar-refractivity contribution in [3.05, 3.63) is 100 Å². The molecule has 119 heavy (non-hydrogen) atoms. The first-order valence-electron chi connectivity index (χ1n) is 39.3. The number of benzene rings is 2. The van der Waals surface area contributed by atoms with Crippen molar-refractivity contribution in [3.63, 3.8) is 0 Å². The van der Waals surface area contributed by atoms with Crippen LogP contribution in [0.25, 0.3) is 11.2 Å². The fourth-order valence-electron chi connectivity index (χ4n) is 13.8. The molecule has 43 heteroatoms. The Morgan fingerprint density at radius 2 is 1.39 bits per heavy atom. The molecule has 652 valence electrons. The molecule has 2 bridgehead atoms. The molecule has 3 aliphatic carbocycles. The monoisotopic (exact) mass is 1740 g/mol. The van der Waals surface area contributed by atoms with Gasteiger partial charge in [-0.15, -0.1) is 11.8 Å². The van der Waals surface area contributed by atoms with Crippen LogP contribution in [-0.2, 0) is 107 Å². The number of aliphatic hydroxyl groups is 1. The van der Waals surface area contributed by atoms with Crippen LogP contribution >= 0.6 is 38.1 Å². The second-order valence-electron chi connectivity index (χ2n) is 29.0. The molecule has 2 aromatic carbocycles. The van der Waals surface area contributed by atoms with Crippen molar-refractivity contribution in [2.24, 2.45) is 29.6 Å². The predicted molar refractivity (Wildman–Crippen MR) is 432 cm³/mol. The number of aromatic amines is 1. The minimum atomic E-state index is -4.33. The lowest BCUT2D eigenvalue weighted by Gasteiger charge is -2.26. The Labute approximate surface area is 697 Å². The van der Waals surface area contributed by atoms with Crippen LogP contribution in [0, 0.1) is 41.4 Å². The Hall–Kier alpha value is -8.24. The number of anilines is 2. The molecule has 10 rings (SSSR count). The maximum Gasteiger partial charge on any atom is 0.410 e. The van der Waals surface area contributed by atoms with Gasteiger partial charge >= 0.3 is 25.8 Å². The number of H-pyrrole nitrogens is 1. The molecule has 5 heterocycles. The molecule has 5 aromatic rings. The summed E-state index contributed by atoms with van der Waals surface area (Å²) in [6.07, 6.45) is -1.22. The molecular formula is C76H105N13O26P2S2. The zero-order chi connectivity index (χ0) is 84.9. The number of carbonyl (C=O) groups excluding carboxylic acids is 7. The van der Waals surface area contributed by atoms with Crippen LogP contribution in [0.15, 0.2) is 78.2 Å². The molecule has 3 aromatic heterocycles. The maximum atomic E-state index is 14.1. The summed E-state index contributed by atoms with van der Waals surface area (Å²) in [6, 6.07) is 10.5. The first-order chi connectivity index (χ1) is 57.3. The van der Waals surface area contributed by atoms with Crippen molar-refractivity contribution in [2.45, 2.75) is 140 Å². The number of carbonyl (C=O) groups is 7. The van der Waals surface area contributed by atoms with Gasteiger partial charge in [0.1, 0.15) is 55.5 Å². The molecule has 2 saturated carbocycles. The number of aliphatic hydroxyl groups excluding tert-OH is 1. The van der Waals surface area contributed by atoms with Gasteiger partial charge in [-0.2, -0.15) is 4.98 Å². The standard InChI is InChI=1S/C76H105N13O26P2S2/c1-47(2)63(84-61(90)40-58(83-75(97)108-43-57-55-14-8-6-7-9-15-56(55)57)70(94)78-23-25-102-28-29-104-32-33-106-36-37-107-35-34-105-31-30-103-27-26-101-5)71(95)81-48(3)68(92)82-52-18-16-49(17-19-52)42-109-76(98)88(4)41-51-12-10-11-13-54(51)69(93)86-74-85-67-64(72(96)87-74)80-46-89(67)73-66-65(91)60(113-73)44-111-117(100,119)114-59-39-53(112-62-20-22-77-45-79-62)38-50(59)21-24-110-116(99,118)115-66/h10-13,16-20,22,45-48,50,53,55-60,63,65-66,73,91H,8-9,14-15,21,23-44H2,1-5H3,(H,78,94)(H,81,95)(H,82,92)(H,83,97)(H,84,90)(H,99,118)(H,100,119)(H2,85,86,87,93,96)/t48-,50-,53+,55-,56+,57-,58-,59-,60+,63-,65+,66+,73+,116+,117+/m0/s1. The number of thiol groups is 2. The Balaban J connectivity index is 0.656. The lowest BCUT2D eigenvalue weighted by atomic mass is 10.0. The van der Waals surface area contributed by atoms with E-state index >= 15 is 0 Å². The van der Waals surface area contributed by atoms with E-state index in [0.717, 1.165) is 32.0 Å². The molecule has 5 aliphatic rings. The van der Waals surface area contributed by atoms with Gasteiger partial charge in [0.05, 0.1) is 125 Å². The van der Waals surface area contributed by atoms with Crippen LogP contribution in [0.5, 0.6) is 5.88 Å². The summed E-state index contributed by atoms with van der Waals surface area (Å²) in [7, 11) is 3.06. The van der Waals surface area contributed by atoms with E-state index in [0.29, 0.717) is 107 Å². The highest BCUT2D eigenvalue weighted by Crippen LogP contribution is 2.60. The molecule has 2 saturated heterocycles. The van der Waals surface area contributed by atoms with Gasteiger partial charge < -0.3 is 93.2 Å². The average molecular weight is 1740 g/mol. The van der Waals surface area contributed by atoms with Gasteiger partial charge in [-0.1, -0.05) is 68.7 Å². The molecule has 0 unspecified atom stereocenters. The third kappa shape index (κ3) is 29.2. The first kappa shape index (κ1) is 93.0. The van der Waals surface area contributed by atoms with E-state index in [1.165, 1.54) is 42.0 Å². The zero-order valence-electron chi connectivity index (χ0n) is 66.7. The number of hydrogen-bond acceptors (Lipinski definition) is 30. The topological polar surface area (TPSA) is 477 Å². The zero-order valence-corrected chi connectivity index (χ0v) is 70.3. The second kappa shape index (κ2) is 46.7. The van der Waals surface area contributed by atoms with E-state index in [1.807, 2.05) is 0 Å². The summed E-state index contributed by atoms with van der Waals surface area (Å²) in [6.45, 7) is 0.221. The number of fused-ring (bicyclic) bond motifs is 5. The number of hydrogen-bond donors (Lipinski definition) is 10. The van der Waals surface area contributed by atoms with Gasteiger partial charge in [-0.3, -0.25) is 57.2 Å². The van der Waals surface area contributed by atoms with E-state index in [1.54, 1.807) is 69.5 Å². The maximum absolute atomic E-state index is 14.1. The van der Waals surface area contributed by atoms with Crippen molar-refractivity contribution >= 4 is 103 Å². The predicted octanol–water partition coefficient (Wildman–Crippen LogP) is 5.70. The molecule has 15 atom stereocenters. The lowest BCUT2D eigenvalue weighted by molar-refractivity contribution is -0.133. The highest BCUT2D eigenvalue weighted by atomic mass is 32.7. The third-order valence-corrected chi connectivity index (χ3v) is 23.3. The van der Waals surface area contributed by atoms with Gasteiger partial charge in [0, 0.05) is 70.0 Å². The van der Waals surface area contributed by atoms with Crippen LogP contribution in [0.4, 0.5) is 21.2 Å². The van der Waals surface area contributed by atoms with Crippen LogP contribution < -0.4 is 42.2 Å². The van der Waals surface area contributed by atoms with Crippen LogP contribution in [0.1, 0.15) is 99.9 Å². The normalized spacial score (nSPS) is 24.2. The fraction of sp³-hybridized carbons (Fsp3) is 0.605. The van der Waals surface area contributed by atoms with E-state index in [2.05, 4.69) is 93.2 Å². The van der Waals surface area contributed by atoms with Crippen molar-refractivity contribution in [1.82, 2.24) is 55.7 Å². The lowest BCUT2D eigenvalue weighted by Crippen LogP contribution is -2.55. The number of imidazole rings is 1. The Morgan fingerprint density at radius 3 is 2.05 bits per heavy atom. The van der Waals surface area contributed by atoms with Gasteiger partial charge in [0.25, 0.3) is 11.5 Å². The number of amides is 7. The number of methoxy groups -OCH3 is 1. The van der Waals surface area contributed by atoms with Crippen molar-refractivity contribution in [2.75, 3.05) is 137 Å². The van der Waals surface area contributed by atoms with E-state index < -0.39 is 135 Å². The number of aromatic nitrogens is 6. The molecule has 4 fully saturated rings. The molecule has 7 amide bonds. The minimum absolute atomic E-state index is 0.0237. The van der Waals surface area contributed by atoms with Crippen molar-refractivity contribution in [3.8, 4) is 17.7 Å². The average Bonchev–Trinajstić information content (AvgIpc) is 1.61. The fourth-order valence-corrected chi connectivity index (χ4v) is 16.8. The number of rotatable bonds is 42. The quantitative estimate of drug-likeness (QED) is 0.00969. The van der Waals surface area contributed by atoms with E-state index in [4.69, 9.17) is 70.2 Å². The minimum Gasteiger partial charge on any atom is -0.474 e. The Kier molecular flexibility index (Phi) is 36.5. The molecule has 8 N–H and O–H groups in total. The van der Waals surface area contributed by atoms with Gasteiger partial charge in [-0.25, -0.2) is 33.7 Å². The van der Waals surface area contributed by atoms with E-state index in [-0.39, 0.29) is 100 Å². The van der Waals surface area contributed by atoms with Gasteiger partial charge in [-0.05, 0) is 91.5 Å². The summed E-state index contributed by atoms with van der Waals surface area (Å²) in [5, 5.41) is 27.6. The molecule has 2 aliphatic heterocycles. The highest BCUT2D eigenvalue weighted by Gasteiger charge is 2.52. The second-order valence-corrected chi connectivity index (χ2v) is 34.7. The third-order valence-electron chi connectivity index (χ3n) is 20.0. The van der Waals surface area contributed by atoms with Crippen LogP contribution in [0.3, 0.4) is 0 Å². The molecule has 39 nitrogen and oxygen atoms in total.